The molecule has 0 aliphatic carbocycles. The number of benzene rings is 1. The standard InChI is InChI=1S/C20H30N2O5/c1-5-13(3)16(18(23)21-17(19(24)25)14(4)6-2)22-20(26)27-12-15-10-8-7-9-11-15/h7-11,13-14,16-17H,5-6,12H2,1-4H3,(H,21,23)(H,22,26)(H,24,25)/p-1/t13-,14-,16-,17-/m0/s1. The average Bonchev–Trinajstić information content (AvgIpc) is 2.67. The summed E-state index contributed by atoms with van der Waals surface area (Å²) in [5.74, 6) is -2.39. The second-order valence-electron chi connectivity index (χ2n) is 6.76. The highest BCUT2D eigenvalue weighted by atomic mass is 16.5. The molecule has 0 spiro atoms. The van der Waals surface area contributed by atoms with E-state index in [0.717, 1.165) is 5.56 Å². The molecule has 0 unspecified atom stereocenters. The Morgan fingerprint density at radius 3 is 2.04 bits per heavy atom. The SMILES string of the molecule is CC[C@H](C)[C@H](NC(=O)[C@@H](NC(=O)OCc1ccccc1)[C@@H](C)CC)C(=O)[O-]. The van der Waals surface area contributed by atoms with Crippen LogP contribution in [0.5, 0.6) is 0 Å². The second-order valence-corrected chi connectivity index (χ2v) is 6.76. The molecule has 0 aromatic heterocycles. The number of hydrogen-bond donors (Lipinski definition) is 2. The lowest BCUT2D eigenvalue weighted by Crippen LogP contribution is -2.58. The van der Waals surface area contributed by atoms with E-state index in [1.54, 1.807) is 13.8 Å². The highest BCUT2D eigenvalue weighted by Crippen LogP contribution is 2.12. The smallest absolute Gasteiger partial charge is 0.408 e. The van der Waals surface area contributed by atoms with Crippen molar-refractivity contribution in [3.8, 4) is 0 Å². The molecular weight excluding hydrogens is 348 g/mol. The maximum atomic E-state index is 12.6. The number of ether oxygens (including phenoxy) is 1. The third kappa shape index (κ3) is 7.29. The fourth-order valence-electron chi connectivity index (χ4n) is 2.51. The van der Waals surface area contributed by atoms with E-state index in [0.29, 0.717) is 12.8 Å². The van der Waals surface area contributed by atoms with E-state index in [1.165, 1.54) is 0 Å². The first-order valence-corrected chi connectivity index (χ1v) is 9.28. The Kier molecular flexibility index (Phi) is 9.33. The Labute approximate surface area is 160 Å². The minimum Gasteiger partial charge on any atom is -0.548 e. The van der Waals surface area contributed by atoms with Crippen LogP contribution in [0.25, 0.3) is 0 Å². The highest BCUT2D eigenvalue weighted by Gasteiger charge is 2.29. The van der Waals surface area contributed by atoms with Gasteiger partial charge in [0.1, 0.15) is 12.6 Å². The molecule has 0 saturated carbocycles. The van der Waals surface area contributed by atoms with Crippen molar-refractivity contribution in [1.29, 1.82) is 0 Å². The average molecular weight is 377 g/mol. The van der Waals surface area contributed by atoms with Crippen molar-refractivity contribution in [2.24, 2.45) is 11.8 Å². The monoisotopic (exact) mass is 377 g/mol. The Bertz CT molecular complexity index is 620. The van der Waals surface area contributed by atoms with Crippen LogP contribution in [0.3, 0.4) is 0 Å². The van der Waals surface area contributed by atoms with Crippen LogP contribution >= 0.6 is 0 Å². The maximum Gasteiger partial charge on any atom is 0.408 e. The van der Waals surface area contributed by atoms with Gasteiger partial charge in [-0.2, -0.15) is 0 Å². The van der Waals surface area contributed by atoms with Gasteiger partial charge in [0.15, 0.2) is 0 Å². The van der Waals surface area contributed by atoms with E-state index in [4.69, 9.17) is 4.74 Å². The van der Waals surface area contributed by atoms with Crippen LogP contribution in [-0.2, 0) is 20.9 Å². The van der Waals surface area contributed by atoms with E-state index < -0.39 is 30.1 Å². The van der Waals surface area contributed by atoms with Crippen molar-refractivity contribution < 1.29 is 24.2 Å². The number of hydrogen-bond acceptors (Lipinski definition) is 5. The van der Waals surface area contributed by atoms with Gasteiger partial charge in [-0.3, -0.25) is 4.79 Å². The lowest BCUT2D eigenvalue weighted by molar-refractivity contribution is -0.309. The summed E-state index contributed by atoms with van der Waals surface area (Å²) in [6.07, 6.45) is 0.461. The molecule has 2 amide bonds. The number of rotatable bonds is 10. The third-order valence-electron chi connectivity index (χ3n) is 4.75. The number of carboxylic acid groups (broad SMARTS) is 1. The zero-order chi connectivity index (χ0) is 20.4. The number of aliphatic carboxylic acids is 1. The van der Waals surface area contributed by atoms with E-state index in [2.05, 4.69) is 10.6 Å². The normalized spacial score (nSPS) is 15.1. The molecule has 0 aliphatic heterocycles. The first-order chi connectivity index (χ1) is 12.8. The number of amides is 2. The Balaban J connectivity index is 2.74. The molecular formula is C20H29N2O5-. The minimum absolute atomic E-state index is 0.0794. The van der Waals surface area contributed by atoms with Gasteiger partial charge in [0, 0.05) is 0 Å². The van der Waals surface area contributed by atoms with Gasteiger partial charge in [0.2, 0.25) is 5.91 Å². The molecule has 0 radical (unpaired) electrons. The lowest BCUT2D eigenvalue weighted by atomic mass is 9.95. The van der Waals surface area contributed by atoms with Crippen LogP contribution in [0.4, 0.5) is 4.79 Å². The van der Waals surface area contributed by atoms with Crippen molar-refractivity contribution in [3.05, 3.63) is 35.9 Å². The molecule has 4 atom stereocenters. The van der Waals surface area contributed by atoms with Gasteiger partial charge in [-0.15, -0.1) is 0 Å². The number of carbonyl (C=O) groups excluding carboxylic acids is 3. The summed E-state index contributed by atoms with van der Waals surface area (Å²) < 4.78 is 5.17. The molecule has 7 nitrogen and oxygen atoms in total. The molecule has 1 rings (SSSR count). The lowest BCUT2D eigenvalue weighted by Gasteiger charge is -2.29. The van der Waals surface area contributed by atoms with Crippen molar-refractivity contribution in [3.63, 3.8) is 0 Å². The summed E-state index contributed by atoms with van der Waals surface area (Å²) in [5.41, 5.74) is 0.825. The van der Waals surface area contributed by atoms with Crippen LogP contribution in [-0.4, -0.2) is 30.1 Å². The highest BCUT2D eigenvalue weighted by molar-refractivity contribution is 5.89. The predicted molar refractivity (Wildman–Crippen MR) is 99.4 cm³/mol. The van der Waals surface area contributed by atoms with Gasteiger partial charge < -0.3 is 25.3 Å². The quantitative estimate of drug-likeness (QED) is 0.644. The zero-order valence-corrected chi connectivity index (χ0v) is 16.4. The van der Waals surface area contributed by atoms with Crippen LogP contribution in [0.2, 0.25) is 0 Å². The Morgan fingerprint density at radius 2 is 1.52 bits per heavy atom. The molecule has 2 N–H and O–H groups in total. The summed E-state index contributed by atoms with van der Waals surface area (Å²) in [4.78, 5) is 36.1. The van der Waals surface area contributed by atoms with Crippen molar-refractivity contribution in [1.82, 2.24) is 10.6 Å². The van der Waals surface area contributed by atoms with Crippen LogP contribution < -0.4 is 15.7 Å². The molecule has 0 heterocycles. The van der Waals surface area contributed by atoms with Crippen molar-refractivity contribution in [2.45, 2.75) is 59.2 Å². The van der Waals surface area contributed by atoms with E-state index >= 15 is 0 Å². The molecule has 0 saturated heterocycles. The first-order valence-electron chi connectivity index (χ1n) is 9.28. The molecule has 7 heteroatoms. The third-order valence-corrected chi connectivity index (χ3v) is 4.75. The summed E-state index contributed by atoms with van der Waals surface area (Å²) in [7, 11) is 0. The number of alkyl carbamates (subject to hydrolysis) is 1. The summed E-state index contributed by atoms with van der Waals surface area (Å²) in [5, 5.41) is 16.4. The van der Waals surface area contributed by atoms with Gasteiger partial charge in [-0.1, -0.05) is 70.9 Å². The molecule has 0 aliphatic rings. The van der Waals surface area contributed by atoms with Crippen LogP contribution in [0.15, 0.2) is 30.3 Å². The molecule has 0 bridgehead atoms. The van der Waals surface area contributed by atoms with E-state index in [9.17, 15) is 19.5 Å². The fraction of sp³-hybridized carbons (Fsp3) is 0.550. The topological polar surface area (TPSA) is 108 Å². The van der Waals surface area contributed by atoms with Crippen molar-refractivity contribution in [2.75, 3.05) is 0 Å². The van der Waals surface area contributed by atoms with Crippen LogP contribution in [0.1, 0.15) is 46.1 Å². The Morgan fingerprint density at radius 1 is 0.963 bits per heavy atom. The largest absolute Gasteiger partial charge is 0.548 e. The molecule has 150 valence electrons. The van der Waals surface area contributed by atoms with E-state index in [1.807, 2.05) is 44.2 Å². The molecule has 1 aromatic rings. The number of carbonyl (C=O) groups is 3. The van der Waals surface area contributed by atoms with Gasteiger partial charge in [0.25, 0.3) is 0 Å². The van der Waals surface area contributed by atoms with E-state index in [-0.39, 0.29) is 18.4 Å². The van der Waals surface area contributed by atoms with Gasteiger partial charge in [-0.25, -0.2) is 4.79 Å². The predicted octanol–water partition coefficient (Wildman–Crippen LogP) is 1.61. The minimum atomic E-state index is -1.34. The van der Waals surface area contributed by atoms with Crippen molar-refractivity contribution >= 4 is 18.0 Å². The first kappa shape index (κ1) is 22.5. The molecule has 0 fully saturated rings. The number of carboxylic acids is 1. The zero-order valence-electron chi connectivity index (χ0n) is 16.4. The Hall–Kier alpha value is -2.57. The molecule has 1 aromatic carbocycles. The van der Waals surface area contributed by atoms with Gasteiger partial charge in [-0.05, 0) is 17.4 Å². The van der Waals surface area contributed by atoms with Crippen LogP contribution in [0, 0.1) is 11.8 Å². The summed E-state index contributed by atoms with van der Waals surface area (Å²) in [6, 6.07) is 7.16. The summed E-state index contributed by atoms with van der Waals surface area (Å²) >= 11 is 0. The summed E-state index contributed by atoms with van der Waals surface area (Å²) in [6.45, 7) is 7.32. The maximum absolute atomic E-state index is 12.6. The van der Waals surface area contributed by atoms with Gasteiger partial charge in [0.05, 0.1) is 12.0 Å². The van der Waals surface area contributed by atoms with Gasteiger partial charge >= 0.3 is 6.09 Å². The molecule has 27 heavy (non-hydrogen) atoms. The number of nitrogens with one attached hydrogen (secondary N) is 2. The fourth-order valence-corrected chi connectivity index (χ4v) is 2.51. The second kappa shape index (κ2) is 11.2.